The summed E-state index contributed by atoms with van der Waals surface area (Å²) in [7, 11) is 0. The molecule has 0 saturated heterocycles. The molecule has 0 saturated carbocycles. The molecule has 1 rings (SSSR count). The third kappa shape index (κ3) is 4.27. The highest BCUT2D eigenvalue weighted by Gasteiger charge is 2.20. The predicted octanol–water partition coefficient (Wildman–Crippen LogP) is 0.463. The van der Waals surface area contributed by atoms with Crippen molar-refractivity contribution in [3.05, 3.63) is 35.4 Å². The Morgan fingerprint density at radius 2 is 1.89 bits per heavy atom. The van der Waals surface area contributed by atoms with Crippen LogP contribution in [0.3, 0.4) is 0 Å². The van der Waals surface area contributed by atoms with E-state index in [1.165, 1.54) is 0 Å². The highest BCUT2D eigenvalue weighted by atomic mass is 19.1. The normalized spacial score (nSPS) is 14.0. The Bertz CT molecular complexity index is 408. The maximum Gasteiger partial charge on any atom is 0.404 e. The maximum atomic E-state index is 13.0. The van der Waals surface area contributed by atoms with Gasteiger partial charge in [-0.15, -0.1) is 0 Å². The monoisotopic (exact) mass is 260 g/mol. The minimum absolute atomic E-state index is 0.0562. The summed E-state index contributed by atoms with van der Waals surface area (Å²) in [6, 6.07) is 1.93. The molecule has 0 aliphatic heterocycles. The summed E-state index contributed by atoms with van der Waals surface area (Å²) in [4.78, 5) is 10.5. The van der Waals surface area contributed by atoms with Crippen molar-refractivity contribution in [1.29, 1.82) is 0 Å². The smallest absolute Gasteiger partial charge is 0.404 e. The van der Waals surface area contributed by atoms with Gasteiger partial charge in [-0.2, -0.15) is 0 Å². The lowest BCUT2D eigenvalue weighted by Gasteiger charge is -2.21. The Morgan fingerprint density at radius 3 is 2.33 bits per heavy atom. The third-order valence-electron chi connectivity index (χ3n) is 2.39. The molecule has 0 spiro atoms. The van der Waals surface area contributed by atoms with Crippen molar-refractivity contribution in [3.63, 3.8) is 0 Å². The van der Waals surface area contributed by atoms with Crippen molar-refractivity contribution >= 4 is 6.09 Å². The SMILES string of the molecule is NC[C@@H](O)[C@H](Cc1cc(F)cc(F)c1)NC(=O)O. The van der Waals surface area contributed by atoms with Gasteiger partial charge in [-0.05, 0) is 24.1 Å². The number of carbonyl (C=O) groups is 1. The van der Waals surface area contributed by atoms with Gasteiger partial charge >= 0.3 is 6.09 Å². The minimum Gasteiger partial charge on any atom is -0.465 e. The topological polar surface area (TPSA) is 95.6 Å². The van der Waals surface area contributed by atoms with E-state index in [1.54, 1.807) is 0 Å². The fraction of sp³-hybridized carbons (Fsp3) is 0.364. The molecule has 0 aliphatic carbocycles. The third-order valence-corrected chi connectivity index (χ3v) is 2.39. The van der Waals surface area contributed by atoms with E-state index < -0.39 is 29.9 Å². The Morgan fingerprint density at radius 1 is 1.33 bits per heavy atom. The molecule has 1 aromatic rings. The van der Waals surface area contributed by atoms with Crippen LogP contribution in [0.5, 0.6) is 0 Å². The summed E-state index contributed by atoms with van der Waals surface area (Å²) < 4.78 is 25.9. The number of aliphatic hydroxyl groups is 1. The summed E-state index contributed by atoms with van der Waals surface area (Å²) in [5.74, 6) is -1.53. The lowest BCUT2D eigenvalue weighted by atomic mass is 10.0. The number of halogens is 2. The number of nitrogens with one attached hydrogen (secondary N) is 1. The number of hydrogen-bond acceptors (Lipinski definition) is 3. The molecular weight excluding hydrogens is 246 g/mol. The van der Waals surface area contributed by atoms with Crippen molar-refractivity contribution in [2.75, 3.05) is 6.54 Å². The van der Waals surface area contributed by atoms with Crippen LogP contribution in [0.1, 0.15) is 5.56 Å². The molecule has 0 bridgehead atoms. The first-order valence-electron chi connectivity index (χ1n) is 5.25. The van der Waals surface area contributed by atoms with Crippen LogP contribution in [0.15, 0.2) is 18.2 Å². The summed E-state index contributed by atoms with van der Waals surface area (Å²) in [6.45, 7) is -0.164. The molecule has 100 valence electrons. The molecule has 0 aromatic heterocycles. The van der Waals surface area contributed by atoms with Gasteiger partial charge in [-0.1, -0.05) is 0 Å². The lowest BCUT2D eigenvalue weighted by molar-refractivity contribution is 0.125. The number of rotatable bonds is 5. The second-order valence-corrected chi connectivity index (χ2v) is 3.84. The molecule has 7 heteroatoms. The molecular formula is C11H14F2N2O3. The number of hydrogen-bond donors (Lipinski definition) is 4. The van der Waals surface area contributed by atoms with Gasteiger partial charge in [0.2, 0.25) is 0 Å². The van der Waals surface area contributed by atoms with E-state index in [4.69, 9.17) is 10.8 Å². The summed E-state index contributed by atoms with van der Waals surface area (Å²) in [5.41, 5.74) is 5.47. The average Bonchev–Trinajstić information content (AvgIpc) is 2.25. The van der Waals surface area contributed by atoms with Crippen LogP contribution in [0.4, 0.5) is 13.6 Å². The largest absolute Gasteiger partial charge is 0.465 e. The Balaban J connectivity index is 2.84. The van der Waals surface area contributed by atoms with Gasteiger partial charge < -0.3 is 21.3 Å². The molecule has 2 atom stereocenters. The molecule has 0 radical (unpaired) electrons. The molecule has 5 nitrogen and oxygen atoms in total. The fourth-order valence-electron chi connectivity index (χ4n) is 1.59. The van der Waals surface area contributed by atoms with Gasteiger partial charge in [0.1, 0.15) is 11.6 Å². The van der Waals surface area contributed by atoms with Gasteiger partial charge in [0.25, 0.3) is 0 Å². The number of benzene rings is 1. The average molecular weight is 260 g/mol. The Kier molecular flexibility index (Phi) is 4.99. The van der Waals surface area contributed by atoms with E-state index >= 15 is 0 Å². The first-order valence-corrected chi connectivity index (χ1v) is 5.25. The first kappa shape index (κ1) is 14.3. The number of amides is 1. The van der Waals surface area contributed by atoms with E-state index in [-0.39, 0.29) is 18.5 Å². The zero-order valence-electron chi connectivity index (χ0n) is 9.44. The molecule has 0 heterocycles. The quantitative estimate of drug-likeness (QED) is 0.618. The van der Waals surface area contributed by atoms with Gasteiger partial charge in [0.15, 0.2) is 0 Å². The van der Waals surface area contributed by atoms with Crippen LogP contribution in [-0.2, 0) is 6.42 Å². The number of carboxylic acid groups (broad SMARTS) is 1. The van der Waals surface area contributed by atoms with Crippen molar-refractivity contribution in [3.8, 4) is 0 Å². The highest BCUT2D eigenvalue weighted by Crippen LogP contribution is 2.11. The van der Waals surface area contributed by atoms with E-state index in [0.29, 0.717) is 6.07 Å². The van der Waals surface area contributed by atoms with Crippen molar-refractivity contribution in [1.82, 2.24) is 5.32 Å². The van der Waals surface area contributed by atoms with Crippen molar-refractivity contribution < 1.29 is 23.8 Å². The molecule has 1 amide bonds. The van der Waals surface area contributed by atoms with Gasteiger partial charge in [0.05, 0.1) is 12.1 Å². The maximum absolute atomic E-state index is 13.0. The molecule has 5 N–H and O–H groups in total. The second-order valence-electron chi connectivity index (χ2n) is 3.84. The van der Waals surface area contributed by atoms with Crippen LogP contribution in [0.25, 0.3) is 0 Å². The number of aliphatic hydroxyl groups excluding tert-OH is 1. The first-order chi connectivity index (χ1) is 8.42. The molecule has 1 aromatic carbocycles. The lowest BCUT2D eigenvalue weighted by Crippen LogP contribution is -2.47. The second kappa shape index (κ2) is 6.27. The zero-order chi connectivity index (χ0) is 13.7. The molecule has 18 heavy (non-hydrogen) atoms. The Hall–Kier alpha value is -1.73. The summed E-state index contributed by atoms with van der Waals surface area (Å²) in [6.07, 6.45) is -2.53. The van der Waals surface area contributed by atoms with Crippen LogP contribution in [0.2, 0.25) is 0 Å². The van der Waals surface area contributed by atoms with Crippen molar-refractivity contribution in [2.24, 2.45) is 5.73 Å². The van der Waals surface area contributed by atoms with E-state index in [2.05, 4.69) is 5.32 Å². The minimum atomic E-state index is -1.34. The van der Waals surface area contributed by atoms with E-state index in [9.17, 15) is 18.7 Å². The van der Waals surface area contributed by atoms with Gasteiger partial charge in [-0.3, -0.25) is 0 Å². The van der Waals surface area contributed by atoms with E-state index in [1.807, 2.05) is 0 Å². The molecule has 0 aliphatic rings. The standard InChI is InChI=1S/C11H14F2N2O3/c12-7-1-6(2-8(13)4-7)3-9(10(16)5-14)15-11(17)18/h1-2,4,9-10,15-16H,3,5,14H2,(H,17,18)/t9-,10+/m0/s1. The molecule has 0 unspecified atom stereocenters. The van der Waals surface area contributed by atoms with E-state index in [0.717, 1.165) is 12.1 Å². The van der Waals surface area contributed by atoms with Crippen LogP contribution in [-0.4, -0.2) is 35.0 Å². The van der Waals surface area contributed by atoms with Gasteiger partial charge in [0, 0.05) is 12.6 Å². The van der Waals surface area contributed by atoms with Crippen LogP contribution < -0.4 is 11.1 Å². The summed E-state index contributed by atoms with van der Waals surface area (Å²) >= 11 is 0. The fourth-order valence-corrected chi connectivity index (χ4v) is 1.59. The summed E-state index contributed by atoms with van der Waals surface area (Å²) in [5, 5.41) is 20.2. The molecule has 0 fully saturated rings. The Labute approximate surface area is 102 Å². The highest BCUT2D eigenvalue weighted by molar-refractivity contribution is 5.65. The number of nitrogens with two attached hydrogens (primary N) is 1. The van der Waals surface area contributed by atoms with Crippen molar-refractivity contribution in [2.45, 2.75) is 18.6 Å². The van der Waals surface area contributed by atoms with Gasteiger partial charge in [-0.25, -0.2) is 13.6 Å². The predicted molar refractivity (Wildman–Crippen MR) is 60.1 cm³/mol. The van der Waals surface area contributed by atoms with Crippen LogP contribution >= 0.6 is 0 Å². The van der Waals surface area contributed by atoms with Crippen LogP contribution in [0, 0.1) is 11.6 Å². The zero-order valence-corrected chi connectivity index (χ0v) is 9.44.